The molecular weight excluding hydrogens is 239 g/mol. The third-order valence-corrected chi connectivity index (χ3v) is 6.96. The van der Waals surface area contributed by atoms with E-state index >= 15 is 0 Å². The Hall–Kier alpha value is -0.620. The molecule has 0 radical (unpaired) electrons. The van der Waals surface area contributed by atoms with E-state index in [4.69, 9.17) is 0 Å². The van der Waals surface area contributed by atoms with Gasteiger partial charge in [0, 0.05) is 19.5 Å². The average molecular weight is 266 g/mol. The minimum absolute atomic E-state index is 0.120. The molecule has 0 aromatic carbocycles. The summed E-state index contributed by atoms with van der Waals surface area (Å²) in [5.41, 5.74) is 0. The van der Waals surface area contributed by atoms with Crippen molar-refractivity contribution in [1.29, 1.82) is 0 Å². The number of hydrogen-bond donors (Lipinski definition) is 0. The molecule has 0 amide bonds. The van der Waals surface area contributed by atoms with Crippen LogP contribution in [0.2, 0.25) is 0 Å². The summed E-state index contributed by atoms with van der Waals surface area (Å²) in [5, 5.41) is 0.716. The van der Waals surface area contributed by atoms with Crippen molar-refractivity contribution in [2.75, 3.05) is 18.2 Å². The van der Waals surface area contributed by atoms with Crippen LogP contribution in [0, 0.1) is 0 Å². The van der Waals surface area contributed by atoms with Gasteiger partial charge in [0.05, 0.1) is 0 Å². The SMILES string of the molecule is CN(CP(C(C)(C)C)C(C)(C)C)c1ccccn1. The minimum Gasteiger partial charge on any atom is -0.356 e. The van der Waals surface area contributed by atoms with Gasteiger partial charge in [-0.1, -0.05) is 55.5 Å². The first-order valence-corrected chi connectivity index (χ1v) is 8.05. The molecule has 0 aliphatic heterocycles. The number of aromatic nitrogens is 1. The van der Waals surface area contributed by atoms with Crippen molar-refractivity contribution >= 4 is 13.7 Å². The molecule has 1 rings (SSSR count). The van der Waals surface area contributed by atoms with E-state index in [0.29, 0.717) is 10.3 Å². The van der Waals surface area contributed by atoms with Gasteiger partial charge in [0.15, 0.2) is 0 Å². The van der Waals surface area contributed by atoms with E-state index in [0.717, 1.165) is 12.1 Å². The van der Waals surface area contributed by atoms with Gasteiger partial charge in [-0.2, -0.15) is 0 Å². The molecule has 3 heteroatoms. The second-order valence-corrected chi connectivity index (χ2v) is 10.6. The molecule has 0 saturated carbocycles. The molecule has 1 aromatic heterocycles. The number of pyridine rings is 1. The second kappa shape index (κ2) is 5.57. The lowest BCUT2D eigenvalue weighted by molar-refractivity contribution is 0.701. The van der Waals surface area contributed by atoms with Crippen LogP contribution < -0.4 is 4.90 Å². The molecule has 0 aliphatic rings. The number of nitrogens with zero attached hydrogens (tertiary/aromatic N) is 2. The van der Waals surface area contributed by atoms with Crippen molar-refractivity contribution in [3.05, 3.63) is 24.4 Å². The Bertz CT molecular complexity index is 348. The van der Waals surface area contributed by atoms with Crippen molar-refractivity contribution in [3.63, 3.8) is 0 Å². The Morgan fingerprint density at radius 1 is 1.06 bits per heavy atom. The van der Waals surface area contributed by atoms with Crippen LogP contribution in [0.4, 0.5) is 5.82 Å². The van der Waals surface area contributed by atoms with Crippen LogP contribution in [0.25, 0.3) is 0 Å². The number of rotatable bonds is 3. The van der Waals surface area contributed by atoms with Crippen molar-refractivity contribution in [2.45, 2.75) is 51.9 Å². The molecule has 0 N–H and O–H groups in total. The Labute approximate surface area is 114 Å². The van der Waals surface area contributed by atoms with Crippen LogP contribution in [-0.4, -0.2) is 28.6 Å². The van der Waals surface area contributed by atoms with Crippen molar-refractivity contribution in [2.24, 2.45) is 0 Å². The highest BCUT2D eigenvalue weighted by atomic mass is 31.1. The van der Waals surface area contributed by atoms with E-state index in [1.807, 2.05) is 12.3 Å². The van der Waals surface area contributed by atoms with Crippen LogP contribution in [-0.2, 0) is 0 Å². The predicted molar refractivity (Wildman–Crippen MR) is 83.9 cm³/mol. The van der Waals surface area contributed by atoms with Gasteiger partial charge in [-0.3, -0.25) is 0 Å². The molecule has 2 nitrogen and oxygen atoms in total. The maximum Gasteiger partial charge on any atom is 0.128 e. The van der Waals surface area contributed by atoms with Crippen molar-refractivity contribution in [1.82, 2.24) is 4.98 Å². The third-order valence-electron chi connectivity index (χ3n) is 3.01. The van der Waals surface area contributed by atoms with Gasteiger partial charge in [-0.25, -0.2) is 4.98 Å². The van der Waals surface area contributed by atoms with E-state index in [9.17, 15) is 0 Å². The molecule has 1 aromatic rings. The van der Waals surface area contributed by atoms with Gasteiger partial charge in [-0.05, 0) is 22.4 Å². The third kappa shape index (κ3) is 4.24. The second-order valence-electron chi connectivity index (χ2n) is 6.80. The zero-order valence-corrected chi connectivity index (χ0v) is 13.8. The van der Waals surface area contributed by atoms with E-state index < -0.39 is 0 Å². The van der Waals surface area contributed by atoms with E-state index in [1.54, 1.807) is 0 Å². The zero-order chi connectivity index (χ0) is 14.0. The summed E-state index contributed by atoms with van der Waals surface area (Å²) in [7, 11) is 2.03. The summed E-state index contributed by atoms with van der Waals surface area (Å²) in [5.74, 6) is 1.07. The lowest BCUT2D eigenvalue weighted by Gasteiger charge is -2.43. The molecular formula is C15H27N2P. The van der Waals surface area contributed by atoms with E-state index in [1.165, 1.54) is 0 Å². The van der Waals surface area contributed by atoms with Crippen LogP contribution in [0.1, 0.15) is 41.5 Å². The van der Waals surface area contributed by atoms with Gasteiger partial charge < -0.3 is 4.90 Å². The predicted octanol–water partition coefficient (Wildman–Crippen LogP) is 4.55. The molecule has 0 atom stereocenters. The lowest BCUT2D eigenvalue weighted by atomic mass is 10.2. The summed E-state index contributed by atoms with van der Waals surface area (Å²) >= 11 is 0. The van der Waals surface area contributed by atoms with Gasteiger partial charge in [0.1, 0.15) is 5.82 Å². The van der Waals surface area contributed by atoms with Crippen LogP contribution in [0.5, 0.6) is 0 Å². The molecule has 0 unspecified atom stereocenters. The highest BCUT2D eigenvalue weighted by Crippen LogP contribution is 2.59. The highest BCUT2D eigenvalue weighted by Gasteiger charge is 2.35. The standard InChI is InChI=1S/C15H27N2P/c1-14(2,3)18(15(4,5)6)12-17(7)13-10-8-9-11-16-13/h8-11H,12H2,1-7H3. The Morgan fingerprint density at radius 3 is 2.00 bits per heavy atom. The first-order valence-electron chi connectivity index (χ1n) is 6.52. The first kappa shape index (κ1) is 15.4. The Balaban J connectivity index is 2.86. The zero-order valence-electron chi connectivity index (χ0n) is 12.9. The Morgan fingerprint density at radius 2 is 1.61 bits per heavy atom. The summed E-state index contributed by atoms with van der Waals surface area (Å²) < 4.78 is 0. The van der Waals surface area contributed by atoms with Gasteiger partial charge >= 0.3 is 0 Å². The smallest absolute Gasteiger partial charge is 0.128 e. The summed E-state index contributed by atoms with van der Waals surface area (Å²) in [6.45, 7) is 14.1. The van der Waals surface area contributed by atoms with Gasteiger partial charge in [0.25, 0.3) is 0 Å². The van der Waals surface area contributed by atoms with Crippen LogP contribution in [0.15, 0.2) is 24.4 Å². The van der Waals surface area contributed by atoms with Crippen LogP contribution >= 0.6 is 7.92 Å². The van der Waals surface area contributed by atoms with Gasteiger partial charge in [-0.15, -0.1) is 0 Å². The van der Waals surface area contributed by atoms with Crippen molar-refractivity contribution in [3.8, 4) is 0 Å². The first-order chi connectivity index (χ1) is 8.12. The molecule has 102 valence electrons. The molecule has 18 heavy (non-hydrogen) atoms. The lowest BCUT2D eigenvalue weighted by Crippen LogP contribution is -2.32. The minimum atomic E-state index is -0.120. The monoisotopic (exact) mass is 266 g/mol. The van der Waals surface area contributed by atoms with E-state index in [-0.39, 0.29) is 7.92 Å². The molecule has 0 fully saturated rings. The topological polar surface area (TPSA) is 16.1 Å². The fraction of sp³-hybridized carbons (Fsp3) is 0.667. The molecule has 0 aliphatic carbocycles. The Kier molecular flexibility index (Phi) is 4.78. The molecule has 1 heterocycles. The number of anilines is 1. The fourth-order valence-electron chi connectivity index (χ4n) is 2.29. The largest absolute Gasteiger partial charge is 0.356 e. The van der Waals surface area contributed by atoms with Gasteiger partial charge in [0.2, 0.25) is 0 Å². The average Bonchev–Trinajstić information content (AvgIpc) is 2.23. The normalized spacial score (nSPS) is 12.9. The van der Waals surface area contributed by atoms with Crippen LogP contribution in [0.3, 0.4) is 0 Å². The van der Waals surface area contributed by atoms with E-state index in [2.05, 4.69) is 70.6 Å². The maximum absolute atomic E-state index is 4.43. The van der Waals surface area contributed by atoms with Crippen molar-refractivity contribution < 1.29 is 0 Å². The quantitative estimate of drug-likeness (QED) is 0.746. The highest BCUT2D eigenvalue weighted by molar-refractivity contribution is 7.60. The fourth-order valence-corrected chi connectivity index (χ4v) is 5.72. The molecule has 0 spiro atoms. The summed E-state index contributed by atoms with van der Waals surface area (Å²) in [6.07, 6.45) is 2.96. The molecule has 0 bridgehead atoms. The summed E-state index contributed by atoms with van der Waals surface area (Å²) in [6, 6.07) is 6.10. The summed E-state index contributed by atoms with van der Waals surface area (Å²) in [4.78, 5) is 6.73. The molecule has 0 saturated heterocycles. The number of hydrogen-bond acceptors (Lipinski definition) is 2. The maximum atomic E-state index is 4.43.